The summed E-state index contributed by atoms with van der Waals surface area (Å²) in [5, 5.41) is 6.09. The van der Waals surface area contributed by atoms with Crippen LogP contribution in [0, 0.1) is 0 Å². The van der Waals surface area contributed by atoms with Gasteiger partial charge in [-0.15, -0.1) is 37.1 Å². The summed E-state index contributed by atoms with van der Waals surface area (Å²) >= 11 is 0. The van der Waals surface area contributed by atoms with E-state index < -0.39 is 6.36 Å². The Morgan fingerprint density at radius 2 is 1.70 bits per heavy atom. The third-order valence-electron chi connectivity index (χ3n) is 3.86. The number of benzene rings is 2. The first kappa shape index (κ1) is 25.7. The number of hydrogen-bond donors (Lipinski definition) is 2. The molecule has 0 aliphatic rings. The minimum atomic E-state index is -4.75. The Morgan fingerprint density at radius 1 is 1.00 bits per heavy atom. The van der Waals surface area contributed by atoms with Gasteiger partial charge in [-0.05, 0) is 30.7 Å². The first-order valence-corrected chi connectivity index (χ1v) is 8.94. The highest BCUT2D eigenvalue weighted by molar-refractivity contribution is 14.0. The molecule has 0 spiro atoms. The number of ether oxygens (including phenoxy) is 3. The van der Waals surface area contributed by atoms with E-state index in [0.29, 0.717) is 36.2 Å². The number of halogens is 4. The van der Waals surface area contributed by atoms with Crippen molar-refractivity contribution in [2.45, 2.75) is 26.4 Å². The lowest BCUT2D eigenvalue weighted by Gasteiger charge is -2.16. The summed E-state index contributed by atoms with van der Waals surface area (Å²) < 4.78 is 52.5. The van der Waals surface area contributed by atoms with Gasteiger partial charge in [0, 0.05) is 25.7 Å². The molecule has 0 bridgehead atoms. The molecule has 0 aromatic heterocycles. The molecule has 30 heavy (non-hydrogen) atoms. The molecule has 0 saturated heterocycles. The summed E-state index contributed by atoms with van der Waals surface area (Å²) in [5.41, 5.74) is 1.29. The van der Waals surface area contributed by atoms with Crippen LogP contribution in [0.15, 0.2) is 47.5 Å². The summed E-state index contributed by atoms with van der Waals surface area (Å²) in [7, 11) is 3.15. The molecular weight excluding hydrogens is 514 g/mol. The van der Waals surface area contributed by atoms with Gasteiger partial charge in [-0.2, -0.15) is 0 Å². The molecule has 0 aliphatic heterocycles. The molecule has 2 rings (SSSR count). The van der Waals surface area contributed by atoms with Gasteiger partial charge in [-0.3, -0.25) is 4.99 Å². The van der Waals surface area contributed by atoms with Crippen LogP contribution in [0.25, 0.3) is 0 Å². The second-order valence-electron chi connectivity index (χ2n) is 5.85. The van der Waals surface area contributed by atoms with Crippen molar-refractivity contribution in [2.24, 2.45) is 4.99 Å². The molecule has 0 radical (unpaired) electrons. The number of nitrogens with zero attached hydrogens (tertiary/aromatic N) is 1. The first-order valence-electron chi connectivity index (χ1n) is 8.94. The van der Waals surface area contributed by atoms with Gasteiger partial charge >= 0.3 is 6.36 Å². The van der Waals surface area contributed by atoms with Crippen LogP contribution in [-0.2, 0) is 13.1 Å². The summed E-state index contributed by atoms with van der Waals surface area (Å²) in [6, 6.07) is 11.5. The molecule has 0 unspecified atom stereocenters. The number of nitrogens with one attached hydrogen (secondary N) is 2. The highest BCUT2D eigenvalue weighted by Crippen LogP contribution is 2.28. The summed E-state index contributed by atoms with van der Waals surface area (Å²) in [6.07, 6.45) is -4.75. The van der Waals surface area contributed by atoms with Gasteiger partial charge in [0.05, 0.1) is 13.7 Å². The largest absolute Gasteiger partial charge is 0.573 e. The molecule has 0 amide bonds. The molecule has 166 valence electrons. The fourth-order valence-corrected chi connectivity index (χ4v) is 2.56. The fraction of sp³-hybridized carbons (Fsp3) is 0.350. The van der Waals surface area contributed by atoms with Crippen LogP contribution in [0.4, 0.5) is 13.2 Å². The Labute approximate surface area is 190 Å². The van der Waals surface area contributed by atoms with Gasteiger partial charge in [-0.1, -0.05) is 24.3 Å². The van der Waals surface area contributed by atoms with E-state index in [4.69, 9.17) is 9.47 Å². The van der Waals surface area contributed by atoms with Crippen LogP contribution >= 0.6 is 24.0 Å². The second kappa shape index (κ2) is 12.4. The van der Waals surface area contributed by atoms with Crippen molar-refractivity contribution in [2.75, 3.05) is 20.8 Å². The van der Waals surface area contributed by atoms with Crippen LogP contribution in [0.2, 0.25) is 0 Å². The SMILES string of the molecule is CCOc1cc(CNC(=NC)NCc2ccccc2OC(F)(F)F)ccc1OC.I. The van der Waals surface area contributed by atoms with Crippen molar-refractivity contribution in [3.8, 4) is 17.2 Å². The van der Waals surface area contributed by atoms with Crippen molar-refractivity contribution >= 4 is 29.9 Å². The molecular formula is C20H25F3IN3O3. The average molecular weight is 539 g/mol. The van der Waals surface area contributed by atoms with Crippen molar-refractivity contribution in [3.63, 3.8) is 0 Å². The Bertz CT molecular complexity index is 832. The zero-order chi connectivity index (χ0) is 21.3. The predicted molar refractivity (Wildman–Crippen MR) is 120 cm³/mol. The third kappa shape index (κ3) is 8.17. The van der Waals surface area contributed by atoms with Crippen molar-refractivity contribution in [1.82, 2.24) is 10.6 Å². The molecule has 2 aromatic carbocycles. The number of hydrogen-bond acceptors (Lipinski definition) is 4. The normalized spacial score (nSPS) is 11.3. The maximum absolute atomic E-state index is 12.5. The van der Waals surface area contributed by atoms with Gasteiger partial charge in [-0.25, -0.2) is 0 Å². The van der Waals surface area contributed by atoms with Crippen molar-refractivity contribution in [3.05, 3.63) is 53.6 Å². The Morgan fingerprint density at radius 3 is 2.33 bits per heavy atom. The number of alkyl halides is 3. The lowest BCUT2D eigenvalue weighted by atomic mass is 10.2. The molecule has 0 saturated carbocycles. The lowest BCUT2D eigenvalue weighted by molar-refractivity contribution is -0.274. The molecule has 2 N–H and O–H groups in total. The van der Waals surface area contributed by atoms with Gasteiger partial charge in [0.1, 0.15) is 5.75 Å². The molecule has 0 heterocycles. The molecule has 0 aliphatic carbocycles. The Hall–Kier alpha value is -2.37. The van der Waals surface area contributed by atoms with E-state index in [0.717, 1.165) is 5.56 Å². The summed E-state index contributed by atoms with van der Waals surface area (Å²) in [6.45, 7) is 2.94. The average Bonchev–Trinajstić information content (AvgIpc) is 2.68. The summed E-state index contributed by atoms with van der Waals surface area (Å²) in [5.74, 6) is 1.45. The van der Waals surface area contributed by atoms with Crippen LogP contribution in [0.1, 0.15) is 18.1 Å². The monoisotopic (exact) mass is 539 g/mol. The van der Waals surface area contributed by atoms with Crippen molar-refractivity contribution in [1.29, 1.82) is 0 Å². The van der Waals surface area contributed by atoms with E-state index in [1.807, 2.05) is 25.1 Å². The van der Waals surface area contributed by atoms with E-state index >= 15 is 0 Å². The topological polar surface area (TPSA) is 64.1 Å². The van der Waals surface area contributed by atoms with Gasteiger partial charge in [0.2, 0.25) is 0 Å². The first-order chi connectivity index (χ1) is 13.9. The van der Waals surface area contributed by atoms with Crippen LogP contribution in [-0.4, -0.2) is 33.1 Å². The number of aliphatic imine (C=N–C) groups is 1. The van der Waals surface area contributed by atoms with Gasteiger partial charge in [0.25, 0.3) is 0 Å². The third-order valence-corrected chi connectivity index (χ3v) is 3.86. The molecule has 2 aromatic rings. The number of para-hydroxylation sites is 1. The van der Waals surface area contributed by atoms with Gasteiger partial charge in [0.15, 0.2) is 17.5 Å². The van der Waals surface area contributed by atoms with E-state index in [-0.39, 0.29) is 36.3 Å². The Balaban J connectivity index is 0.00000450. The number of methoxy groups -OCH3 is 1. The van der Waals surface area contributed by atoms with Gasteiger partial charge < -0.3 is 24.8 Å². The van der Waals surface area contributed by atoms with E-state index in [2.05, 4.69) is 20.4 Å². The van der Waals surface area contributed by atoms with Crippen molar-refractivity contribution < 1.29 is 27.4 Å². The van der Waals surface area contributed by atoms with Crippen LogP contribution in [0.3, 0.4) is 0 Å². The fourth-order valence-electron chi connectivity index (χ4n) is 2.56. The lowest BCUT2D eigenvalue weighted by Crippen LogP contribution is -2.36. The second-order valence-corrected chi connectivity index (χ2v) is 5.85. The van der Waals surface area contributed by atoms with E-state index in [1.165, 1.54) is 12.1 Å². The minimum absolute atomic E-state index is 0. The standard InChI is InChI=1S/C20H24F3N3O3.HI/c1-4-28-18-11-14(9-10-17(18)27-3)12-25-19(24-2)26-13-15-7-5-6-8-16(15)29-20(21,22)23;/h5-11H,4,12-13H2,1-3H3,(H2,24,25,26);1H. The van der Waals surface area contributed by atoms with Crippen LogP contribution < -0.4 is 24.8 Å². The zero-order valence-corrected chi connectivity index (χ0v) is 19.2. The number of guanidine groups is 1. The predicted octanol–water partition coefficient (Wildman–Crippen LogP) is 4.48. The number of rotatable bonds is 8. The minimum Gasteiger partial charge on any atom is -0.493 e. The quantitative estimate of drug-likeness (QED) is 0.295. The molecule has 6 nitrogen and oxygen atoms in total. The molecule has 0 fully saturated rings. The smallest absolute Gasteiger partial charge is 0.493 e. The molecule has 0 atom stereocenters. The van der Waals surface area contributed by atoms with E-state index in [1.54, 1.807) is 26.3 Å². The highest BCUT2D eigenvalue weighted by Gasteiger charge is 2.31. The summed E-state index contributed by atoms with van der Waals surface area (Å²) in [4.78, 5) is 4.09. The molecule has 10 heteroatoms. The highest BCUT2D eigenvalue weighted by atomic mass is 127. The van der Waals surface area contributed by atoms with Crippen LogP contribution in [0.5, 0.6) is 17.2 Å². The Kier molecular flexibility index (Phi) is 10.6. The zero-order valence-electron chi connectivity index (χ0n) is 16.9. The maximum atomic E-state index is 12.5. The van der Waals surface area contributed by atoms with E-state index in [9.17, 15) is 13.2 Å². The maximum Gasteiger partial charge on any atom is 0.573 e.